The van der Waals surface area contributed by atoms with Crippen LogP contribution < -0.4 is 10.1 Å². The van der Waals surface area contributed by atoms with E-state index in [9.17, 15) is 9.18 Å². The number of carbonyl (C=O) groups is 1. The largest absolute Gasteiger partial charge is 0.492 e. The number of anilines is 1. The number of ether oxygens (including phenoxy) is 1. The van der Waals surface area contributed by atoms with Crippen LogP contribution in [-0.4, -0.2) is 24.1 Å². The quantitative estimate of drug-likeness (QED) is 0.891. The van der Waals surface area contributed by atoms with Gasteiger partial charge in [-0.3, -0.25) is 0 Å². The molecular weight excluding hydrogens is 307 g/mol. The Bertz CT molecular complexity index is 720. The normalized spacial score (nSPS) is 16.9. The summed E-state index contributed by atoms with van der Waals surface area (Å²) in [6.07, 6.45) is 1.74. The van der Waals surface area contributed by atoms with Crippen LogP contribution in [0.1, 0.15) is 31.4 Å². The molecule has 2 amide bonds. The van der Waals surface area contributed by atoms with Crippen LogP contribution in [0.25, 0.3) is 0 Å². The number of hydrogen-bond acceptors (Lipinski definition) is 2. The zero-order valence-electron chi connectivity index (χ0n) is 13.7. The van der Waals surface area contributed by atoms with E-state index < -0.39 is 0 Å². The second-order valence-electron chi connectivity index (χ2n) is 5.77. The number of rotatable bonds is 4. The summed E-state index contributed by atoms with van der Waals surface area (Å²) in [7, 11) is 0. The zero-order chi connectivity index (χ0) is 16.9. The first kappa shape index (κ1) is 16.3. The molecule has 1 fully saturated rings. The first-order chi connectivity index (χ1) is 11.7. The third-order valence-electron chi connectivity index (χ3n) is 4.18. The van der Waals surface area contributed by atoms with Gasteiger partial charge in [-0.2, -0.15) is 0 Å². The van der Waals surface area contributed by atoms with Gasteiger partial charge in [0.15, 0.2) is 0 Å². The van der Waals surface area contributed by atoms with Gasteiger partial charge in [0.1, 0.15) is 11.6 Å². The summed E-state index contributed by atoms with van der Waals surface area (Å²) in [5, 5.41) is 2.92. The maximum Gasteiger partial charge on any atom is 0.322 e. The fourth-order valence-corrected chi connectivity index (χ4v) is 3.11. The summed E-state index contributed by atoms with van der Waals surface area (Å²) in [5.41, 5.74) is 1.48. The molecule has 0 saturated carbocycles. The number of urea groups is 1. The van der Waals surface area contributed by atoms with Gasteiger partial charge in [-0.25, -0.2) is 9.18 Å². The van der Waals surface area contributed by atoms with E-state index in [1.54, 1.807) is 11.0 Å². The zero-order valence-corrected chi connectivity index (χ0v) is 13.7. The van der Waals surface area contributed by atoms with Crippen molar-refractivity contribution in [3.8, 4) is 5.75 Å². The molecule has 0 spiro atoms. The fourth-order valence-electron chi connectivity index (χ4n) is 3.11. The molecule has 0 radical (unpaired) electrons. The van der Waals surface area contributed by atoms with Crippen LogP contribution in [-0.2, 0) is 0 Å². The lowest BCUT2D eigenvalue weighted by atomic mass is 10.0. The van der Waals surface area contributed by atoms with Gasteiger partial charge in [-0.15, -0.1) is 0 Å². The van der Waals surface area contributed by atoms with Crippen LogP contribution in [0, 0.1) is 5.82 Å². The molecule has 0 bridgehead atoms. The molecule has 2 aromatic rings. The van der Waals surface area contributed by atoms with E-state index in [-0.39, 0.29) is 17.9 Å². The molecule has 1 saturated heterocycles. The second-order valence-corrected chi connectivity index (χ2v) is 5.77. The Labute approximate surface area is 141 Å². The number of benzene rings is 2. The Morgan fingerprint density at radius 3 is 2.92 bits per heavy atom. The lowest BCUT2D eigenvalue weighted by Gasteiger charge is -2.26. The average Bonchev–Trinajstić information content (AvgIpc) is 3.07. The summed E-state index contributed by atoms with van der Waals surface area (Å²) in [4.78, 5) is 14.5. The highest BCUT2D eigenvalue weighted by atomic mass is 19.1. The van der Waals surface area contributed by atoms with Crippen molar-refractivity contribution in [2.45, 2.75) is 25.8 Å². The Balaban J connectivity index is 1.77. The lowest BCUT2D eigenvalue weighted by Crippen LogP contribution is -2.34. The number of halogens is 1. The van der Waals surface area contributed by atoms with E-state index in [1.165, 1.54) is 12.1 Å². The van der Waals surface area contributed by atoms with Crippen LogP contribution in [0.5, 0.6) is 5.75 Å². The number of nitrogens with one attached hydrogen (secondary N) is 1. The Morgan fingerprint density at radius 2 is 2.12 bits per heavy atom. The lowest BCUT2D eigenvalue weighted by molar-refractivity contribution is 0.207. The van der Waals surface area contributed by atoms with Gasteiger partial charge in [-0.05, 0) is 49.6 Å². The topological polar surface area (TPSA) is 41.6 Å². The maximum absolute atomic E-state index is 13.5. The van der Waals surface area contributed by atoms with E-state index in [0.717, 1.165) is 18.4 Å². The van der Waals surface area contributed by atoms with E-state index in [2.05, 4.69) is 5.32 Å². The Morgan fingerprint density at radius 1 is 1.29 bits per heavy atom. The number of hydrogen-bond donors (Lipinski definition) is 1. The third kappa shape index (κ3) is 3.50. The van der Waals surface area contributed by atoms with Gasteiger partial charge in [0, 0.05) is 6.54 Å². The van der Waals surface area contributed by atoms with Gasteiger partial charge in [0.2, 0.25) is 0 Å². The monoisotopic (exact) mass is 328 g/mol. The average molecular weight is 328 g/mol. The number of para-hydroxylation sites is 2. The van der Waals surface area contributed by atoms with Gasteiger partial charge in [0.25, 0.3) is 0 Å². The predicted octanol–water partition coefficient (Wildman–Crippen LogP) is 4.59. The van der Waals surface area contributed by atoms with Crippen molar-refractivity contribution in [3.63, 3.8) is 0 Å². The summed E-state index contributed by atoms with van der Waals surface area (Å²) in [5.74, 6) is 0.372. The van der Waals surface area contributed by atoms with Crippen LogP contribution in [0.2, 0.25) is 0 Å². The van der Waals surface area contributed by atoms with Crippen molar-refractivity contribution < 1.29 is 13.9 Å². The molecular formula is C19H21FN2O2. The molecule has 1 atom stereocenters. The molecule has 24 heavy (non-hydrogen) atoms. The van der Waals surface area contributed by atoms with Crippen molar-refractivity contribution in [3.05, 3.63) is 59.9 Å². The molecule has 126 valence electrons. The number of nitrogens with zero attached hydrogens (tertiary/aromatic N) is 1. The van der Waals surface area contributed by atoms with Gasteiger partial charge < -0.3 is 15.0 Å². The molecule has 0 aliphatic carbocycles. The molecule has 0 unspecified atom stereocenters. The highest BCUT2D eigenvalue weighted by Crippen LogP contribution is 2.33. The van der Waals surface area contributed by atoms with E-state index in [0.29, 0.717) is 24.6 Å². The smallest absolute Gasteiger partial charge is 0.322 e. The van der Waals surface area contributed by atoms with Crippen molar-refractivity contribution in [2.24, 2.45) is 0 Å². The first-order valence-corrected chi connectivity index (χ1v) is 8.24. The maximum atomic E-state index is 13.5. The minimum absolute atomic E-state index is 0.0973. The number of amides is 2. The highest BCUT2D eigenvalue weighted by molar-refractivity contribution is 5.91. The SMILES string of the molecule is CCOc1ccccc1NC(=O)N1CCC[C@@H]1c1cccc(F)c1. The van der Waals surface area contributed by atoms with Crippen LogP contribution in [0.15, 0.2) is 48.5 Å². The summed E-state index contributed by atoms with van der Waals surface area (Å²) in [6, 6.07) is 13.6. The minimum Gasteiger partial charge on any atom is -0.492 e. The molecule has 0 aromatic heterocycles. The molecule has 1 aliphatic rings. The van der Waals surface area contributed by atoms with E-state index in [1.807, 2.05) is 37.3 Å². The molecule has 5 heteroatoms. The first-order valence-electron chi connectivity index (χ1n) is 8.24. The van der Waals surface area contributed by atoms with Gasteiger partial charge in [0.05, 0.1) is 18.3 Å². The van der Waals surface area contributed by atoms with E-state index in [4.69, 9.17) is 4.74 Å². The molecule has 2 aromatic carbocycles. The molecule has 1 aliphatic heterocycles. The van der Waals surface area contributed by atoms with Crippen LogP contribution in [0.4, 0.5) is 14.9 Å². The van der Waals surface area contributed by atoms with Crippen molar-refractivity contribution in [2.75, 3.05) is 18.5 Å². The fraction of sp³-hybridized carbons (Fsp3) is 0.316. The molecule has 1 N–H and O–H groups in total. The van der Waals surface area contributed by atoms with Crippen molar-refractivity contribution in [1.82, 2.24) is 4.90 Å². The third-order valence-corrected chi connectivity index (χ3v) is 4.18. The second kappa shape index (κ2) is 7.34. The Kier molecular flexibility index (Phi) is 4.99. The summed E-state index contributed by atoms with van der Waals surface area (Å²) in [6.45, 7) is 3.09. The summed E-state index contributed by atoms with van der Waals surface area (Å²) >= 11 is 0. The molecule has 3 rings (SSSR count). The van der Waals surface area contributed by atoms with Crippen molar-refractivity contribution >= 4 is 11.7 Å². The highest BCUT2D eigenvalue weighted by Gasteiger charge is 2.30. The van der Waals surface area contributed by atoms with Crippen molar-refractivity contribution in [1.29, 1.82) is 0 Å². The van der Waals surface area contributed by atoms with Gasteiger partial charge in [-0.1, -0.05) is 24.3 Å². The number of likely N-dealkylation sites (tertiary alicyclic amines) is 1. The van der Waals surface area contributed by atoms with Crippen LogP contribution in [0.3, 0.4) is 0 Å². The predicted molar refractivity (Wildman–Crippen MR) is 91.7 cm³/mol. The van der Waals surface area contributed by atoms with Gasteiger partial charge >= 0.3 is 6.03 Å². The van der Waals surface area contributed by atoms with E-state index >= 15 is 0 Å². The molecule has 4 nitrogen and oxygen atoms in total. The Hall–Kier alpha value is -2.56. The van der Waals surface area contributed by atoms with Crippen LogP contribution >= 0.6 is 0 Å². The summed E-state index contributed by atoms with van der Waals surface area (Å²) < 4.78 is 19.0. The minimum atomic E-state index is -0.276. The number of carbonyl (C=O) groups excluding carboxylic acids is 1. The molecule has 1 heterocycles. The standard InChI is InChI=1S/C19H21FN2O2/c1-2-24-18-11-4-3-9-16(18)21-19(23)22-12-6-10-17(22)14-7-5-8-15(20)13-14/h3-5,7-9,11,13,17H,2,6,10,12H2,1H3,(H,21,23)/t17-/m1/s1.